The van der Waals surface area contributed by atoms with Gasteiger partial charge in [0.05, 0.1) is 18.8 Å². The zero-order valence-electron chi connectivity index (χ0n) is 17.2. The molecule has 0 aliphatic carbocycles. The van der Waals surface area contributed by atoms with E-state index in [0.717, 1.165) is 49.9 Å². The van der Waals surface area contributed by atoms with E-state index in [1.807, 2.05) is 7.05 Å². The maximum absolute atomic E-state index is 13.4. The van der Waals surface area contributed by atoms with Gasteiger partial charge in [0, 0.05) is 5.56 Å². The Bertz CT molecular complexity index is 887. The number of aliphatic hydroxyl groups is 1. The molecule has 2 saturated heterocycles. The topological polar surface area (TPSA) is 49.8 Å². The minimum Gasteiger partial charge on any atom is -0.380 e. The van der Waals surface area contributed by atoms with Gasteiger partial charge in [0.15, 0.2) is 0 Å². The maximum atomic E-state index is 13.4. The van der Waals surface area contributed by atoms with Gasteiger partial charge in [-0.05, 0) is 62.2 Å². The lowest BCUT2D eigenvalue weighted by atomic mass is 9.89. The molecule has 2 aliphatic rings. The summed E-state index contributed by atoms with van der Waals surface area (Å²) in [5.74, 6) is -1.00. The Morgan fingerprint density at radius 1 is 1.10 bits per heavy atom. The lowest BCUT2D eigenvalue weighted by molar-refractivity contribution is -0.184. The SMILES string of the molecule is CN1CCC(c2ccc(C(F)(F)F)c(F)c2)CC1.O=Cc1ccc(C2(O)COC2)cc1. The Kier molecular flexibility index (Phi) is 7.13. The minimum atomic E-state index is -4.62. The van der Waals surface area contributed by atoms with Crippen molar-refractivity contribution in [1.29, 1.82) is 0 Å². The Hall–Kier alpha value is -2.29. The van der Waals surface area contributed by atoms with Gasteiger partial charge in [0.1, 0.15) is 17.7 Å². The van der Waals surface area contributed by atoms with E-state index in [1.165, 1.54) is 6.07 Å². The Morgan fingerprint density at radius 2 is 1.71 bits per heavy atom. The fraction of sp³-hybridized carbons (Fsp3) is 0.435. The van der Waals surface area contributed by atoms with E-state index in [0.29, 0.717) is 24.3 Å². The molecule has 168 valence electrons. The standard InChI is InChI=1S/C13H15F4N.C10H10O3/c1-18-6-4-9(5-7-18)10-2-3-11(12(14)8-10)13(15,16)17;11-5-8-1-3-9(4-2-8)10(12)6-13-7-10/h2-3,8-9H,4-7H2,1H3;1-5,12H,6-7H2. The third-order valence-corrected chi connectivity index (χ3v) is 5.75. The molecule has 1 N–H and O–H groups in total. The second-order valence-corrected chi connectivity index (χ2v) is 8.08. The zero-order valence-corrected chi connectivity index (χ0v) is 17.2. The van der Waals surface area contributed by atoms with E-state index in [1.54, 1.807) is 24.3 Å². The van der Waals surface area contributed by atoms with Crippen LogP contribution in [0.1, 0.15) is 45.8 Å². The lowest BCUT2D eigenvalue weighted by Gasteiger charge is -2.36. The summed E-state index contributed by atoms with van der Waals surface area (Å²) in [6.07, 6.45) is -2.11. The quantitative estimate of drug-likeness (QED) is 0.570. The molecule has 0 saturated carbocycles. The molecule has 0 unspecified atom stereocenters. The Balaban J connectivity index is 0.000000185. The average molecular weight is 439 g/mol. The number of ether oxygens (including phenoxy) is 1. The van der Waals surface area contributed by atoms with E-state index >= 15 is 0 Å². The molecule has 31 heavy (non-hydrogen) atoms. The molecule has 2 aliphatic heterocycles. The molecule has 2 heterocycles. The second-order valence-electron chi connectivity index (χ2n) is 8.08. The highest BCUT2D eigenvalue weighted by molar-refractivity contribution is 5.74. The van der Waals surface area contributed by atoms with Gasteiger partial charge < -0.3 is 14.7 Å². The van der Waals surface area contributed by atoms with E-state index < -0.39 is 23.2 Å². The molecule has 4 rings (SSSR count). The number of hydrogen-bond donors (Lipinski definition) is 1. The van der Waals surface area contributed by atoms with Crippen LogP contribution in [0, 0.1) is 5.82 Å². The van der Waals surface area contributed by atoms with Crippen molar-refractivity contribution >= 4 is 6.29 Å². The summed E-state index contributed by atoms with van der Waals surface area (Å²) in [6, 6.07) is 10.2. The highest BCUT2D eigenvalue weighted by Crippen LogP contribution is 2.34. The summed E-state index contributed by atoms with van der Waals surface area (Å²) in [5.41, 5.74) is 0.0891. The van der Waals surface area contributed by atoms with E-state index in [-0.39, 0.29) is 5.92 Å². The first-order chi connectivity index (χ1) is 14.6. The molecule has 4 nitrogen and oxygen atoms in total. The highest BCUT2D eigenvalue weighted by Gasteiger charge is 2.37. The van der Waals surface area contributed by atoms with Crippen molar-refractivity contribution in [1.82, 2.24) is 4.90 Å². The predicted octanol–water partition coefficient (Wildman–Crippen LogP) is 4.37. The molecular weight excluding hydrogens is 414 g/mol. The Labute approximate surface area is 178 Å². The molecule has 2 aromatic carbocycles. The summed E-state index contributed by atoms with van der Waals surface area (Å²) in [7, 11) is 2.00. The van der Waals surface area contributed by atoms with Crippen LogP contribution in [0.25, 0.3) is 0 Å². The van der Waals surface area contributed by atoms with Crippen LogP contribution in [-0.4, -0.2) is 49.6 Å². The average Bonchev–Trinajstić information content (AvgIpc) is 2.72. The first-order valence-electron chi connectivity index (χ1n) is 10.0. The van der Waals surface area contributed by atoms with Gasteiger partial charge in [-0.2, -0.15) is 13.2 Å². The van der Waals surface area contributed by atoms with Crippen LogP contribution in [0.5, 0.6) is 0 Å². The van der Waals surface area contributed by atoms with Gasteiger partial charge in [-0.15, -0.1) is 0 Å². The zero-order chi connectivity index (χ0) is 22.6. The lowest BCUT2D eigenvalue weighted by Crippen LogP contribution is -2.46. The van der Waals surface area contributed by atoms with Crippen molar-refractivity contribution in [2.75, 3.05) is 33.4 Å². The number of alkyl halides is 3. The number of hydrogen-bond acceptors (Lipinski definition) is 4. The third-order valence-electron chi connectivity index (χ3n) is 5.75. The molecule has 8 heteroatoms. The van der Waals surface area contributed by atoms with Crippen molar-refractivity contribution < 1.29 is 32.2 Å². The molecule has 0 atom stereocenters. The van der Waals surface area contributed by atoms with E-state index in [2.05, 4.69) is 4.90 Å². The fourth-order valence-electron chi connectivity index (χ4n) is 3.69. The number of likely N-dealkylation sites (tertiary alicyclic amines) is 1. The smallest absolute Gasteiger partial charge is 0.380 e. The number of carbonyl (C=O) groups excluding carboxylic acids is 1. The van der Waals surface area contributed by atoms with Gasteiger partial charge in [-0.1, -0.05) is 30.3 Å². The molecular formula is C23H25F4NO3. The molecule has 0 aromatic heterocycles. The molecule has 2 fully saturated rings. The van der Waals surface area contributed by atoms with Crippen LogP contribution >= 0.6 is 0 Å². The van der Waals surface area contributed by atoms with Crippen LogP contribution in [0.3, 0.4) is 0 Å². The molecule has 0 spiro atoms. The second kappa shape index (κ2) is 9.46. The van der Waals surface area contributed by atoms with Gasteiger partial charge >= 0.3 is 6.18 Å². The maximum Gasteiger partial charge on any atom is 0.419 e. The van der Waals surface area contributed by atoms with Crippen molar-refractivity contribution in [2.45, 2.75) is 30.5 Å². The number of benzene rings is 2. The van der Waals surface area contributed by atoms with E-state index in [4.69, 9.17) is 4.74 Å². The summed E-state index contributed by atoms with van der Waals surface area (Å²) in [5, 5.41) is 9.83. The molecule has 0 amide bonds. The number of carbonyl (C=O) groups is 1. The number of rotatable bonds is 3. The third kappa shape index (κ3) is 5.70. The van der Waals surface area contributed by atoms with Crippen LogP contribution < -0.4 is 0 Å². The van der Waals surface area contributed by atoms with Gasteiger partial charge in [0.2, 0.25) is 0 Å². The first kappa shape index (κ1) is 23.4. The molecule has 0 radical (unpaired) electrons. The van der Waals surface area contributed by atoms with Crippen LogP contribution in [-0.2, 0) is 16.5 Å². The fourth-order valence-corrected chi connectivity index (χ4v) is 3.69. The number of piperidine rings is 1. The van der Waals surface area contributed by atoms with Gasteiger partial charge in [-0.3, -0.25) is 4.79 Å². The van der Waals surface area contributed by atoms with Crippen molar-refractivity contribution in [3.63, 3.8) is 0 Å². The number of aldehydes is 1. The van der Waals surface area contributed by atoms with Crippen LogP contribution in [0.15, 0.2) is 42.5 Å². The summed E-state index contributed by atoms with van der Waals surface area (Å²) in [4.78, 5) is 12.5. The van der Waals surface area contributed by atoms with Crippen LogP contribution in [0.2, 0.25) is 0 Å². The predicted molar refractivity (Wildman–Crippen MR) is 107 cm³/mol. The van der Waals surface area contributed by atoms with Gasteiger partial charge in [0.25, 0.3) is 0 Å². The highest BCUT2D eigenvalue weighted by atomic mass is 19.4. The molecule has 0 bridgehead atoms. The van der Waals surface area contributed by atoms with Crippen molar-refractivity contribution in [3.8, 4) is 0 Å². The van der Waals surface area contributed by atoms with Gasteiger partial charge in [-0.25, -0.2) is 4.39 Å². The number of halogens is 4. The van der Waals surface area contributed by atoms with Crippen molar-refractivity contribution in [2.24, 2.45) is 0 Å². The minimum absolute atomic E-state index is 0.165. The first-order valence-corrected chi connectivity index (χ1v) is 10.0. The molecule has 2 aromatic rings. The Morgan fingerprint density at radius 3 is 2.16 bits per heavy atom. The van der Waals surface area contributed by atoms with Crippen molar-refractivity contribution in [3.05, 3.63) is 70.5 Å². The normalized spacial score (nSPS) is 19.2. The number of nitrogens with zero attached hydrogens (tertiary/aromatic N) is 1. The van der Waals surface area contributed by atoms with Crippen LogP contribution in [0.4, 0.5) is 17.6 Å². The summed E-state index contributed by atoms with van der Waals surface area (Å²) in [6.45, 7) is 2.47. The monoisotopic (exact) mass is 439 g/mol. The summed E-state index contributed by atoms with van der Waals surface area (Å²) >= 11 is 0. The van der Waals surface area contributed by atoms with E-state index in [9.17, 15) is 27.5 Å². The largest absolute Gasteiger partial charge is 0.419 e. The summed E-state index contributed by atoms with van der Waals surface area (Å²) < 4.78 is 55.7.